The lowest BCUT2D eigenvalue weighted by molar-refractivity contribution is -0.651. The number of fused-ring (bicyclic) bond motifs is 1. The van der Waals surface area contributed by atoms with Crippen molar-refractivity contribution in [2.45, 2.75) is 0 Å². The number of nitrogens with zero attached hydrogens (tertiary/aromatic N) is 1. The Balaban J connectivity index is 2.81. The van der Waals surface area contributed by atoms with E-state index in [0.717, 1.165) is 22.5 Å². The van der Waals surface area contributed by atoms with Gasteiger partial charge in [0.15, 0.2) is 0 Å². The molecule has 3 nitrogen and oxygen atoms in total. The van der Waals surface area contributed by atoms with Crippen LogP contribution in [0, 0.1) is 0 Å². The zero-order chi connectivity index (χ0) is 10.8. The molecule has 0 radical (unpaired) electrons. The number of methoxy groups -OCH3 is 2. The number of benzene rings is 1. The third kappa shape index (κ3) is 1.50. The first kappa shape index (κ1) is 9.77. The summed E-state index contributed by atoms with van der Waals surface area (Å²) in [6, 6.07) is 10.1. The van der Waals surface area contributed by atoms with E-state index in [1.165, 1.54) is 0 Å². The molecule has 2 aromatic rings. The van der Waals surface area contributed by atoms with Gasteiger partial charge in [0, 0.05) is 12.1 Å². The van der Waals surface area contributed by atoms with Crippen molar-refractivity contribution in [1.29, 1.82) is 0 Å². The van der Waals surface area contributed by atoms with Crippen molar-refractivity contribution < 1.29 is 14.0 Å². The van der Waals surface area contributed by atoms with Gasteiger partial charge in [0.25, 0.3) is 0 Å². The maximum atomic E-state index is 5.31. The first-order chi connectivity index (χ1) is 7.27. The van der Waals surface area contributed by atoms with Gasteiger partial charge < -0.3 is 9.47 Å². The molecule has 0 N–H and O–H groups in total. The molecule has 0 spiro atoms. The summed E-state index contributed by atoms with van der Waals surface area (Å²) in [5.41, 5.74) is 1.12. The second kappa shape index (κ2) is 3.77. The van der Waals surface area contributed by atoms with Crippen molar-refractivity contribution in [2.24, 2.45) is 7.05 Å². The van der Waals surface area contributed by atoms with Crippen molar-refractivity contribution in [3.63, 3.8) is 0 Å². The Labute approximate surface area is 88.9 Å². The van der Waals surface area contributed by atoms with Crippen LogP contribution in [0.1, 0.15) is 0 Å². The molecule has 0 aliphatic carbocycles. The van der Waals surface area contributed by atoms with Gasteiger partial charge in [-0.3, -0.25) is 0 Å². The van der Waals surface area contributed by atoms with E-state index in [9.17, 15) is 0 Å². The molecule has 0 aliphatic heterocycles. The summed E-state index contributed by atoms with van der Waals surface area (Å²) in [5.74, 6) is 1.48. The Morgan fingerprint density at radius 1 is 1.07 bits per heavy atom. The van der Waals surface area contributed by atoms with Crippen LogP contribution in [0.2, 0.25) is 0 Å². The summed E-state index contributed by atoms with van der Waals surface area (Å²) in [6.45, 7) is 0. The maximum absolute atomic E-state index is 5.31. The Kier molecular flexibility index (Phi) is 2.46. The summed E-state index contributed by atoms with van der Waals surface area (Å²) in [6.07, 6.45) is 0. The largest absolute Gasteiger partial charge is 0.488 e. The molecule has 0 bridgehead atoms. The van der Waals surface area contributed by atoms with E-state index in [-0.39, 0.29) is 0 Å². The van der Waals surface area contributed by atoms with E-state index < -0.39 is 0 Å². The molecule has 0 amide bonds. The summed E-state index contributed by atoms with van der Waals surface area (Å²) in [4.78, 5) is 0. The number of para-hydroxylation sites is 1. The average molecular weight is 204 g/mol. The third-order valence-electron chi connectivity index (χ3n) is 2.51. The Hall–Kier alpha value is -1.77. The second-order valence-corrected chi connectivity index (χ2v) is 3.34. The highest BCUT2D eigenvalue weighted by molar-refractivity contribution is 5.77. The van der Waals surface area contributed by atoms with Gasteiger partial charge >= 0.3 is 5.88 Å². The SMILES string of the molecule is COc1cc2ccccc2[n+](C)c1OC. The van der Waals surface area contributed by atoms with Crippen LogP contribution >= 0.6 is 0 Å². The molecule has 78 valence electrons. The minimum atomic E-state index is 0.733. The molecule has 0 saturated carbocycles. The van der Waals surface area contributed by atoms with E-state index in [1.807, 2.05) is 29.8 Å². The number of hydrogen-bond donors (Lipinski definition) is 0. The molecular formula is C12H14NO2+. The van der Waals surface area contributed by atoms with Crippen molar-refractivity contribution in [2.75, 3.05) is 14.2 Å². The quantitative estimate of drug-likeness (QED) is 0.694. The van der Waals surface area contributed by atoms with Crippen LogP contribution in [-0.4, -0.2) is 14.2 Å². The van der Waals surface area contributed by atoms with Crippen LogP contribution < -0.4 is 14.0 Å². The van der Waals surface area contributed by atoms with Crippen LogP contribution in [-0.2, 0) is 7.05 Å². The van der Waals surface area contributed by atoms with Gasteiger partial charge in [-0.05, 0) is 6.07 Å². The minimum Gasteiger partial charge on any atom is -0.488 e. The third-order valence-corrected chi connectivity index (χ3v) is 2.51. The predicted octanol–water partition coefficient (Wildman–Crippen LogP) is 1.68. The van der Waals surface area contributed by atoms with Crippen molar-refractivity contribution in [3.05, 3.63) is 30.3 Å². The molecule has 0 unspecified atom stereocenters. The van der Waals surface area contributed by atoms with Gasteiger partial charge in [0.1, 0.15) is 7.05 Å². The van der Waals surface area contributed by atoms with Crippen molar-refractivity contribution in [3.8, 4) is 11.6 Å². The molecule has 1 aromatic heterocycles. The molecule has 0 fully saturated rings. The molecule has 0 atom stereocenters. The molecule has 2 rings (SSSR count). The van der Waals surface area contributed by atoms with Gasteiger partial charge in [0.2, 0.25) is 11.3 Å². The fourth-order valence-electron chi connectivity index (χ4n) is 1.78. The second-order valence-electron chi connectivity index (χ2n) is 3.34. The highest BCUT2D eigenvalue weighted by Gasteiger charge is 2.18. The first-order valence-electron chi connectivity index (χ1n) is 4.77. The fourth-order valence-corrected chi connectivity index (χ4v) is 1.78. The average Bonchev–Trinajstić information content (AvgIpc) is 2.29. The summed E-state index contributed by atoms with van der Waals surface area (Å²) < 4.78 is 12.6. The minimum absolute atomic E-state index is 0.733. The summed E-state index contributed by atoms with van der Waals surface area (Å²) >= 11 is 0. The standard InChI is InChI=1S/C12H14NO2/c1-13-10-7-5-4-6-9(10)8-11(14-2)12(13)15-3/h4-8H,1-3H3/q+1. The summed E-state index contributed by atoms with van der Waals surface area (Å²) in [7, 11) is 5.25. The van der Waals surface area contributed by atoms with E-state index >= 15 is 0 Å². The lowest BCUT2D eigenvalue weighted by atomic mass is 10.2. The number of rotatable bonds is 2. The van der Waals surface area contributed by atoms with Gasteiger partial charge in [0.05, 0.1) is 19.6 Å². The summed E-state index contributed by atoms with van der Waals surface area (Å²) in [5, 5.41) is 1.14. The Morgan fingerprint density at radius 2 is 1.80 bits per heavy atom. The van der Waals surface area contributed by atoms with E-state index in [2.05, 4.69) is 12.1 Å². The molecule has 0 saturated heterocycles. The molecule has 1 aromatic carbocycles. The molecule has 1 heterocycles. The van der Waals surface area contributed by atoms with Gasteiger partial charge in [-0.25, -0.2) is 0 Å². The Bertz CT molecular complexity index is 494. The topological polar surface area (TPSA) is 22.3 Å². The van der Waals surface area contributed by atoms with Gasteiger partial charge in [-0.1, -0.05) is 12.1 Å². The first-order valence-corrected chi connectivity index (χ1v) is 4.77. The van der Waals surface area contributed by atoms with E-state index in [0.29, 0.717) is 0 Å². The highest BCUT2D eigenvalue weighted by Crippen LogP contribution is 2.26. The van der Waals surface area contributed by atoms with Crippen LogP contribution in [0.25, 0.3) is 10.9 Å². The van der Waals surface area contributed by atoms with Crippen LogP contribution in [0.3, 0.4) is 0 Å². The van der Waals surface area contributed by atoms with Gasteiger partial charge in [-0.15, -0.1) is 0 Å². The Morgan fingerprint density at radius 3 is 2.47 bits per heavy atom. The zero-order valence-corrected chi connectivity index (χ0v) is 9.15. The van der Waals surface area contributed by atoms with Crippen LogP contribution in [0.15, 0.2) is 30.3 Å². The molecule has 0 aliphatic rings. The monoisotopic (exact) mass is 204 g/mol. The normalized spacial score (nSPS) is 10.3. The molecule has 3 heteroatoms. The number of aryl methyl sites for hydroxylation is 1. The van der Waals surface area contributed by atoms with E-state index in [1.54, 1.807) is 14.2 Å². The zero-order valence-electron chi connectivity index (χ0n) is 9.15. The smallest absolute Gasteiger partial charge is 0.411 e. The van der Waals surface area contributed by atoms with Gasteiger partial charge in [-0.2, -0.15) is 4.57 Å². The van der Waals surface area contributed by atoms with Crippen molar-refractivity contribution in [1.82, 2.24) is 0 Å². The number of aromatic nitrogens is 1. The lowest BCUT2D eigenvalue weighted by Gasteiger charge is -2.06. The molecule has 15 heavy (non-hydrogen) atoms. The maximum Gasteiger partial charge on any atom is 0.411 e. The fraction of sp³-hybridized carbons (Fsp3) is 0.250. The number of ether oxygens (including phenoxy) is 2. The van der Waals surface area contributed by atoms with E-state index in [4.69, 9.17) is 9.47 Å². The number of pyridine rings is 1. The van der Waals surface area contributed by atoms with Crippen LogP contribution in [0.4, 0.5) is 0 Å². The van der Waals surface area contributed by atoms with Crippen molar-refractivity contribution >= 4 is 10.9 Å². The highest BCUT2D eigenvalue weighted by atomic mass is 16.5. The lowest BCUT2D eigenvalue weighted by Crippen LogP contribution is -2.31. The van der Waals surface area contributed by atoms with Crippen LogP contribution in [0.5, 0.6) is 11.6 Å². The number of hydrogen-bond acceptors (Lipinski definition) is 2. The predicted molar refractivity (Wildman–Crippen MR) is 58.2 cm³/mol. The molecular weight excluding hydrogens is 190 g/mol.